The number of rotatable bonds is 15. The molecule has 2 aromatic heterocycles. The van der Waals surface area contributed by atoms with Crippen LogP contribution in [0.5, 0.6) is 5.75 Å². The van der Waals surface area contributed by atoms with Crippen molar-refractivity contribution in [2.45, 2.75) is 83.1 Å². The number of ether oxygens (including phenoxy) is 1. The summed E-state index contributed by atoms with van der Waals surface area (Å²) < 4.78 is 12.4. The highest BCUT2D eigenvalue weighted by Crippen LogP contribution is 2.43. The first kappa shape index (κ1) is 40.6. The highest BCUT2D eigenvalue weighted by Gasteiger charge is 2.44. The van der Waals surface area contributed by atoms with Crippen LogP contribution in [-0.4, -0.2) is 74.0 Å². The Morgan fingerprint density at radius 2 is 1.77 bits per heavy atom. The number of thiazole rings is 1. The van der Waals surface area contributed by atoms with Crippen LogP contribution in [0.1, 0.15) is 97.7 Å². The van der Waals surface area contributed by atoms with Gasteiger partial charge in [-0.1, -0.05) is 79.1 Å². The largest absolute Gasteiger partial charge is 0.506 e. The summed E-state index contributed by atoms with van der Waals surface area (Å²) in [5.41, 5.74) is 0.863. The second kappa shape index (κ2) is 17.8. The van der Waals surface area contributed by atoms with Crippen molar-refractivity contribution in [2.24, 2.45) is 5.92 Å². The van der Waals surface area contributed by atoms with E-state index in [-0.39, 0.29) is 54.5 Å². The maximum atomic E-state index is 13.3. The minimum absolute atomic E-state index is 0.0239. The molecule has 3 aromatic carbocycles. The van der Waals surface area contributed by atoms with E-state index in [0.29, 0.717) is 40.1 Å². The third kappa shape index (κ3) is 9.85. The Labute approximate surface area is 329 Å². The number of hydrogen-bond donors (Lipinski definition) is 6. The summed E-state index contributed by atoms with van der Waals surface area (Å²) in [4.78, 5) is 46.5. The molecule has 0 bridgehead atoms. The molecular weight excluding hydrogens is 735 g/mol. The minimum Gasteiger partial charge on any atom is -0.506 e. The molecule has 2 heterocycles. The van der Waals surface area contributed by atoms with Crippen LogP contribution in [-0.2, 0) is 23.3 Å². The van der Waals surface area contributed by atoms with E-state index < -0.39 is 23.4 Å². The second-order valence-electron chi connectivity index (χ2n) is 15.3. The summed E-state index contributed by atoms with van der Waals surface area (Å²) in [6, 6.07) is 19.6. The Balaban J connectivity index is 1.02. The van der Waals surface area contributed by atoms with Gasteiger partial charge in [-0.15, -0.1) is 0 Å². The van der Waals surface area contributed by atoms with Crippen LogP contribution in [0.2, 0.25) is 0 Å². The van der Waals surface area contributed by atoms with E-state index in [1.807, 2.05) is 42.5 Å². The third-order valence-electron chi connectivity index (χ3n) is 10.1. The van der Waals surface area contributed by atoms with Gasteiger partial charge in [0.05, 0.1) is 17.0 Å². The number of amides is 2. The molecule has 0 radical (unpaired) electrons. The Bertz CT molecular complexity index is 2140. The van der Waals surface area contributed by atoms with Gasteiger partial charge < -0.3 is 45.0 Å². The van der Waals surface area contributed by atoms with Crippen molar-refractivity contribution in [2.75, 3.05) is 26.2 Å². The van der Waals surface area contributed by atoms with Crippen LogP contribution < -0.4 is 15.5 Å². The number of aromatic nitrogens is 2. The van der Waals surface area contributed by atoms with E-state index in [0.717, 1.165) is 54.6 Å². The first-order valence-corrected chi connectivity index (χ1v) is 19.9. The summed E-state index contributed by atoms with van der Waals surface area (Å²) in [6.45, 7) is 6.63. The number of carbonyl (C=O) groups excluding carboxylic acids is 2. The number of benzene rings is 3. The smallest absolute Gasteiger partial charge is 0.410 e. The number of nitrogens with zero attached hydrogens (tertiary/aromatic N) is 2. The average Bonchev–Trinajstić information content (AvgIpc) is 3.83. The number of aliphatic hydroxyl groups is 2. The van der Waals surface area contributed by atoms with Gasteiger partial charge in [0, 0.05) is 56.2 Å². The van der Waals surface area contributed by atoms with Crippen molar-refractivity contribution < 1.29 is 34.1 Å². The Morgan fingerprint density at radius 1 is 1.04 bits per heavy atom. The summed E-state index contributed by atoms with van der Waals surface area (Å²) in [7, 11) is 0. The predicted octanol–water partition coefficient (Wildman–Crippen LogP) is 6.13. The van der Waals surface area contributed by atoms with Gasteiger partial charge in [0.15, 0.2) is 5.60 Å². The standard InChI is InChI=1S/C42H51N5O8S/c1-41(2,3)55-40(52)47(22-20-31-25-45-38(54-31)42(53,29-10-6-4-7-11-29)30-12-8-5-9-13-30)23-21-44-37(50)28-16-14-27(15-17-28)24-43-26-34(49)32-18-19-33(48)35-36(32)56-39(51)46-35/h4,6-7,10-11,14-19,25,30,34,43,48-49,53H,5,8-9,12-13,20-24,26H2,1-3H3,(H,44,50)(H,46,51)/t34-,42-/m0/s1. The van der Waals surface area contributed by atoms with Crippen molar-refractivity contribution in [1.82, 2.24) is 25.5 Å². The van der Waals surface area contributed by atoms with Crippen LogP contribution in [0.25, 0.3) is 10.2 Å². The number of aliphatic hydroxyl groups excluding tert-OH is 1. The van der Waals surface area contributed by atoms with E-state index in [1.165, 1.54) is 11.0 Å². The number of nitrogens with one attached hydrogen (secondary N) is 3. The number of hydrogen-bond acceptors (Lipinski definition) is 11. The summed E-state index contributed by atoms with van der Waals surface area (Å²) in [5, 5.41) is 39.1. The molecule has 14 heteroatoms. The summed E-state index contributed by atoms with van der Waals surface area (Å²) in [5.74, 6) is 0.419. The summed E-state index contributed by atoms with van der Waals surface area (Å²) in [6.07, 6.45) is 5.49. The lowest BCUT2D eigenvalue weighted by molar-refractivity contribution is -0.0240. The maximum absolute atomic E-state index is 13.3. The molecular formula is C42H51N5O8S. The van der Waals surface area contributed by atoms with Gasteiger partial charge in [-0.05, 0) is 62.9 Å². The number of aromatic hydroxyl groups is 1. The van der Waals surface area contributed by atoms with Crippen molar-refractivity contribution in [3.63, 3.8) is 0 Å². The lowest BCUT2D eigenvalue weighted by Gasteiger charge is -2.36. The normalized spacial score (nSPS) is 15.3. The van der Waals surface area contributed by atoms with Crippen molar-refractivity contribution in [3.8, 4) is 5.75 Å². The predicted molar refractivity (Wildman–Crippen MR) is 214 cm³/mol. The van der Waals surface area contributed by atoms with Crippen LogP contribution in [0.15, 0.2) is 82.1 Å². The average molecular weight is 786 g/mol. The Kier molecular flexibility index (Phi) is 12.9. The molecule has 6 rings (SSSR count). The molecule has 1 fully saturated rings. The first-order chi connectivity index (χ1) is 26.8. The van der Waals surface area contributed by atoms with Gasteiger partial charge in [0.25, 0.3) is 5.91 Å². The van der Waals surface area contributed by atoms with Crippen molar-refractivity contribution in [3.05, 3.63) is 116 Å². The zero-order valence-corrected chi connectivity index (χ0v) is 32.9. The molecule has 5 aromatic rings. The zero-order valence-electron chi connectivity index (χ0n) is 32.0. The molecule has 1 saturated carbocycles. The summed E-state index contributed by atoms with van der Waals surface area (Å²) >= 11 is 0.936. The number of H-pyrrole nitrogens is 1. The number of oxazole rings is 1. The Morgan fingerprint density at radius 3 is 2.48 bits per heavy atom. The molecule has 56 heavy (non-hydrogen) atoms. The van der Waals surface area contributed by atoms with Gasteiger partial charge in [-0.25, -0.2) is 9.78 Å². The molecule has 2 atom stereocenters. The maximum Gasteiger partial charge on any atom is 0.410 e. The van der Waals surface area contributed by atoms with Gasteiger partial charge in [-0.2, -0.15) is 0 Å². The van der Waals surface area contributed by atoms with E-state index in [4.69, 9.17) is 9.15 Å². The molecule has 0 unspecified atom stereocenters. The number of aromatic amines is 1. The molecule has 13 nitrogen and oxygen atoms in total. The number of phenolic OH excluding ortho intramolecular Hbond substituents is 1. The van der Waals surface area contributed by atoms with E-state index in [9.17, 15) is 29.7 Å². The lowest BCUT2D eigenvalue weighted by Crippen LogP contribution is -2.42. The Hall–Kier alpha value is -5.02. The second-order valence-corrected chi connectivity index (χ2v) is 16.3. The fraction of sp³-hybridized carbons (Fsp3) is 0.429. The van der Waals surface area contributed by atoms with Crippen LogP contribution in [0.3, 0.4) is 0 Å². The first-order valence-electron chi connectivity index (χ1n) is 19.1. The topological polar surface area (TPSA) is 190 Å². The number of fused-ring (bicyclic) bond motifs is 1. The highest BCUT2D eigenvalue weighted by molar-refractivity contribution is 7.16. The molecule has 0 saturated heterocycles. The number of phenols is 1. The van der Waals surface area contributed by atoms with E-state index >= 15 is 0 Å². The highest BCUT2D eigenvalue weighted by atomic mass is 32.1. The van der Waals surface area contributed by atoms with Crippen molar-refractivity contribution in [1.29, 1.82) is 0 Å². The molecule has 6 N–H and O–H groups in total. The van der Waals surface area contributed by atoms with Gasteiger partial charge in [0.2, 0.25) is 5.89 Å². The third-order valence-corrected chi connectivity index (χ3v) is 11.0. The molecule has 0 spiro atoms. The minimum atomic E-state index is -1.36. The molecule has 298 valence electrons. The molecule has 1 aliphatic rings. The van der Waals surface area contributed by atoms with Gasteiger partial charge >= 0.3 is 11.0 Å². The van der Waals surface area contributed by atoms with E-state index in [2.05, 4.69) is 20.6 Å². The van der Waals surface area contributed by atoms with Crippen LogP contribution >= 0.6 is 11.3 Å². The monoisotopic (exact) mass is 785 g/mol. The lowest BCUT2D eigenvalue weighted by atomic mass is 9.73. The SMILES string of the molecule is CC(C)(C)OC(=O)N(CCNC(=O)c1ccc(CNC[C@H](O)c2ccc(O)c3[nH]c(=O)sc23)cc1)CCc1cnc([C@](O)(c2ccccc2)C2CCCCC2)o1. The number of carbonyl (C=O) groups is 2. The molecule has 2 amide bonds. The van der Waals surface area contributed by atoms with Crippen LogP contribution in [0.4, 0.5) is 4.79 Å². The quantitative estimate of drug-likeness (QED) is 0.0720. The molecule has 1 aliphatic carbocycles. The van der Waals surface area contributed by atoms with Crippen LogP contribution in [0, 0.1) is 5.92 Å². The zero-order chi connectivity index (χ0) is 39.9. The van der Waals surface area contributed by atoms with Crippen molar-refractivity contribution >= 4 is 33.6 Å². The van der Waals surface area contributed by atoms with E-state index in [1.54, 1.807) is 45.2 Å². The molecule has 0 aliphatic heterocycles. The fourth-order valence-electron chi connectivity index (χ4n) is 7.16. The fourth-order valence-corrected chi connectivity index (χ4v) is 8.08. The van der Waals surface area contributed by atoms with Gasteiger partial charge in [-0.3, -0.25) is 9.59 Å². The van der Waals surface area contributed by atoms with Gasteiger partial charge in [0.1, 0.15) is 22.6 Å².